The fraction of sp³-hybridized carbons (Fsp3) is 0.625. The van der Waals surface area contributed by atoms with Crippen LogP contribution in [0.1, 0.15) is 39.2 Å². The summed E-state index contributed by atoms with van der Waals surface area (Å²) in [6.07, 6.45) is 2.60. The summed E-state index contributed by atoms with van der Waals surface area (Å²) in [6.45, 7) is 10.4. The zero-order valence-corrected chi connectivity index (χ0v) is 13.0. The van der Waals surface area contributed by atoms with Gasteiger partial charge in [0.25, 0.3) is 0 Å². The second-order valence-corrected chi connectivity index (χ2v) is 7.18. The predicted octanol–water partition coefficient (Wildman–Crippen LogP) is 4.18. The van der Waals surface area contributed by atoms with Crippen molar-refractivity contribution in [2.75, 3.05) is 18.8 Å². The molecule has 0 atom stereocenters. The van der Waals surface area contributed by atoms with Gasteiger partial charge in [0.15, 0.2) is 0 Å². The maximum Gasteiger partial charge on any atom is 0.0635 e. The summed E-state index contributed by atoms with van der Waals surface area (Å²) in [4.78, 5) is 2.52. The number of piperidine rings is 1. The van der Waals surface area contributed by atoms with Crippen molar-refractivity contribution < 1.29 is 0 Å². The van der Waals surface area contributed by atoms with Crippen LogP contribution in [0, 0.1) is 11.3 Å². The normalized spacial score (nSPS) is 18.7. The van der Waals surface area contributed by atoms with Crippen LogP contribution in [0.3, 0.4) is 0 Å². The monoisotopic (exact) mass is 280 g/mol. The van der Waals surface area contributed by atoms with Crippen LogP contribution in [0.5, 0.6) is 0 Å². The summed E-state index contributed by atoms with van der Waals surface area (Å²) in [5.74, 6) is 0.846. The van der Waals surface area contributed by atoms with Crippen LogP contribution in [0.25, 0.3) is 0 Å². The molecule has 0 spiro atoms. The largest absolute Gasteiger partial charge is 0.398 e. The highest BCUT2D eigenvalue weighted by Crippen LogP contribution is 2.34. The molecule has 1 aliphatic heterocycles. The van der Waals surface area contributed by atoms with Gasteiger partial charge in [0.2, 0.25) is 0 Å². The Kier molecular flexibility index (Phi) is 4.42. The molecule has 1 aromatic carbocycles. The molecule has 0 radical (unpaired) electrons. The van der Waals surface area contributed by atoms with Crippen LogP contribution in [-0.2, 0) is 6.54 Å². The zero-order valence-electron chi connectivity index (χ0n) is 12.2. The van der Waals surface area contributed by atoms with Gasteiger partial charge in [-0.2, -0.15) is 0 Å². The van der Waals surface area contributed by atoms with E-state index in [1.54, 1.807) is 0 Å². The molecule has 2 N–H and O–H groups in total. The standard InChI is InChI=1S/C16H25ClN2/c1-16(2,3)13-6-8-19(9-7-13)11-12-4-5-14(17)15(18)10-12/h4-5,10,13H,6-9,11,18H2,1-3H3. The van der Waals surface area contributed by atoms with E-state index >= 15 is 0 Å². The molecule has 106 valence electrons. The smallest absolute Gasteiger partial charge is 0.0635 e. The lowest BCUT2D eigenvalue weighted by Gasteiger charge is -2.38. The predicted molar refractivity (Wildman–Crippen MR) is 83.3 cm³/mol. The van der Waals surface area contributed by atoms with Gasteiger partial charge in [-0.3, -0.25) is 4.90 Å². The molecule has 1 saturated heterocycles. The van der Waals surface area contributed by atoms with E-state index in [0.29, 0.717) is 16.1 Å². The molecular weight excluding hydrogens is 256 g/mol. The number of halogens is 1. The van der Waals surface area contributed by atoms with Crippen LogP contribution < -0.4 is 5.73 Å². The lowest BCUT2D eigenvalue weighted by molar-refractivity contribution is 0.108. The lowest BCUT2D eigenvalue weighted by Crippen LogP contribution is -2.37. The highest BCUT2D eigenvalue weighted by molar-refractivity contribution is 6.33. The van der Waals surface area contributed by atoms with Gasteiger partial charge >= 0.3 is 0 Å². The Morgan fingerprint density at radius 3 is 2.42 bits per heavy atom. The molecule has 19 heavy (non-hydrogen) atoms. The fourth-order valence-electron chi connectivity index (χ4n) is 2.91. The van der Waals surface area contributed by atoms with E-state index in [9.17, 15) is 0 Å². The van der Waals surface area contributed by atoms with Gasteiger partial charge in [0, 0.05) is 6.54 Å². The van der Waals surface area contributed by atoms with E-state index in [-0.39, 0.29) is 0 Å². The van der Waals surface area contributed by atoms with Crippen LogP contribution in [0.15, 0.2) is 18.2 Å². The van der Waals surface area contributed by atoms with Crippen molar-refractivity contribution in [3.8, 4) is 0 Å². The average Bonchev–Trinajstić information content (AvgIpc) is 2.33. The first-order valence-corrected chi connectivity index (χ1v) is 7.50. The number of rotatable bonds is 2. The minimum atomic E-state index is 0.441. The summed E-state index contributed by atoms with van der Waals surface area (Å²) in [6, 6.07) is 5.97. The molecule has 1 heterocycles. The molecular formula is C16H25ClN2. The number of benzene rings is 1. The summed E-state index contributed by atoms with van der Waals surface area (Å²) in [5.41, 5.74) is 8.24. The second-order valence-electron chi connectivity index (χ2n) is 6.77. The number of nitrogen functional groups attached to an aromatic ring is 1. The second kappa shape index (κ2) is 5.72. The maximum atomic E-state index is 5.95. The first-order valence-electron chi connectivity index (χ1n) is 7.12. The van der Waals surface area contributed by atoms with Crippen molar-refractivity contribution in [2.24, 2.45) is 11.3 Å². The van der Waals surface area contributed by atoms with Crippen molar-refractivity contribution in [1.29, 1.82) is 0 Å². The van der Waals surface area contributed by atoms with E-state index < -0.39 is 0 Å². The van der Waals surface area contributed by atoms with Gasteiger partial charge in [0.1, 0.15) is 0 Å². The topological polar surface area (TPSA) is 29.3 Å². The summed E-state index contributed by atoms with van der Waals surface area (Å²) >= 11 is 5.95. The highest BCUT2D eigenvalue weighted by Gasteiger charge is 2.28. The Labute approximate surface area is 121 Å². The molecule has 0 bridgehead atoms. The van der Waals surface area contributed by atoms with Crippen LogP contribution in [0.2, 0.25) is 5.02 Å². The van der Waals surface area contributed by atoms with Crippen LogP contribution in [-0.4, -0.2) is 18.0 Å². The Bertz CT molecular complexity index is 429. The maximum absolute atomic E-state index is 5.95. The van der Waals surface area contributed by atoms with Crippen molar-refractivity contribution in [1.82, 2.24) is 4.90 Å². The number of nitrogens with two attached hydrogens (primary N) is 1. The van der Waals surface area contributed by atoms with E-state index in [2.05, 4.69) is 31.7 Å². The Hall–Kier alpha value is -0.730. The van der Waals surface area contributed by atoms with E-state index in [1.807, 2.05) is 12.1 Å². The van der Waals surface area contributed by atoms with Gasteiger partial charge < -0.3 is 5.73 Å². The summed E-state index contributed by atoms with van der Waals surface area (Å²) < 4.78 is 0. The molecule has 0 amide bonds. The minimum Gasteiger partial charge on any atom is -0.398 e. The molecule has 0 aromatic heterocycles. The molecule has 3 heteroatoms. The van der Waals surface area contributed by atoms with Gasteiger partial charge in [-0.15, -0.1) is 0 Å². The molecule has 2 nitrogen and oxygen atoms in total. The van der Waals surface area contributed by atoms with Crippen LogP contribution in [0.4, 0.5) is 5.69 Å². The number of hydrogen-bond acceptors (Lipinski definition) is 2. The highest BCUT2D eigenvalue weighted by atomic mass is 35.5. The van der Waals surface area contributed by atoms with E-state index in [1.165, 1.54) is 31.5 Å². The van der Waals surface area contributed by atoms with Gasteiger partial charge in [-0.1, -0.05) is 38.4 Å². The van der Waals surface area contributed by atoms with Gasteiger partial charge in [-0.05, 0) is 55.0 Å². The third-order valence-corrected chi connectivity index (χ3v) is 4.62. The quantitative estimate of drug-likeness (QED) is 0.824. The number of anilines is 1. The molecule has 1 aliphatic rings. The first-order chi connectivity index (χ1) is 8.86. The molecule has 0 unspecified atom stereocenters. The van der Waals surface area contributed by atoms with Crippen molar-refractivity contribution >= 4 is 17.3 Å². The van der Waals surface area contributed by atoms with Crippen LogP contribution >= 0.6 is 11.6 Å². The van der Waals surface area contributed by atoms with Gasteiger partial charge in [-0.25, -0.2) is 0 Å². The van der Waals surface area contributed by atoms with Gasteiger partial charge in [0.05, 0.1) is 10.7 Å². The number of likely N-dealkylation sites (tertiary alicyclic amines) is 1. The molecule has 0 aliphatic carbocycles. The molecule has 2 rings (SSSR count). The fourth-order valence-corrected chi connectivity index (χ4v) is 3.02. The van der Waals surface area contributed by atoms with E-state index in [0.717, 1.165) is 12.5 Å². The summed E-state index contributed by atoms with van der Waals surface area (Å²) in [5, 5.41) is 0.648. The summed E-state index contributed by atoms with van der Waals surface area (Å²) in [7, 11) is 0. The third-order valence-electron chi connectivity index (χ3n) is 4.28. The molecule has 1 aromatic rings. The molecule has 1 fully saturated rings. The van der Waals surface area contributed by atoms with E-state index in [4.69, 9.17) is 17.3 Å². The zero-order chi connectivity index (χ0) is 14.0. The Balaban J connectivity index is 1.90. The SMILES string of the molecule is CC(C)(C)C1CCN(Cc2ccc(Cl)c(N)c2)CC1. The van der Waals surface area contributed by atoms with Crippen molar-refractivity contribution in [2.45, 2.75) is 40.2 Å². The third kappa shape index (κ3) is 3.87. The minimum absolute atomic E-state index is 0.441. The Morgan fingerprint density at radius 1 is 1.26 bits per heavy atom. The lowest BCUT2D eigenvalue weighted by atomic mass is 9.75. The number of hydrogen-bond donors (Lipinski definition) is 1. The van der Waals surface area contributed by atoms with Crippen molar-refractivity contribution in [3.63, 3.8) is 0 Å². The average molecular weight is 281 g/mol. The molecule has 0 saturated carbocycles. The number of nitrogens with zero attached hydrogens (tertiary/aromatic N) is 1. The Morgan fingerprint density at radius 2 is 1.89 bits per heavy atom. The van der Waals surface area contributed by atoms with Crippen molar-refractivity contribution in [3.05, 3.63) is 28.8 Å². The first kappa shape index (κ1) is 14.7.